The maximum Gasteiger partial charge on any atom is 0.244 e. The number of aliphatic hydroxyl groups excluding tert-OH is 1. The minimum absolute atomic E-state index is 0.0397. The zero-order valence-corrected chi connectivity index (χ0v) is 16.2. The van der Waals surface area contributed by atoms with E-state index in [0.717, 1.165) is 16.9 Å². The van der Waals surface area contributed by atoms with Gasteiger partial charge in [0.25, 0.3) is 0 Å². The van der Waals surface area contributed by atoms with E-state index in [1.54, 1.807) is 49.6 Å². The predicted molar refractivity (Wildman–Crippen MR) is 106 cm³/mol. The molecule has 2 aromatic carbocycles. The zero-order valence-electron chi connectivity index (χ0n) is 15.4. The van der Waals surface area contributed by atoms with Gasteiger partial charge in [0.1, 0.15) is 5.75 Å². The minimum Gasteiger partial charge on any atom is -0.497 e. The number of rotatable bonds is 7. The van der Waals surface area contributed by atoms with Crippen LogP contribution in [0.1, 0.15) is 11.1 Å². The highest BCUT2D eigenvalue weighted by Gasteiger charge is 2.22. The summed E-state index contributed by atoms with van der Waals surface area (Å²) < 4.78 is 32.2. The lowest BCUT2D eigenvalue weighted by molar-refractivity contribution is 0.342. The first kappa shape index (κ1) is 20.7. The van der Waals surface area contributed by atoms with E-state index in [2.05, 4.69) is 11.8 Å². The summed E-state index contributed by atoms with van der Waals surface area (Å²) in [5, 5.41) is 8.90. The lowest BCUT2D eigenvalue weighted by Gasteiger charge is -2.18. The number of hydrogen-bond donors (Lipinski definition) is 1. The second-order valence-corrected chi connectivity index (χ2v) is 7.73. The minimum atomic E-state index is -3.69. The third-order valence-electron chi connectivity index (χ3n) is 3.82. The molecule has 0 fully saturated rings. The van der Waals surface area contributed by atoms with Crippen molar-refractivity contribution in [3.8, 4) is 17.6 Å². The van der Waals surface area contributed by atoms with E-state index in [0.29, 0.717) is 0 Å². The molecule has 0 amide bonds. The van der Waals surface area contributed by atoms with Gasteiger partial charge in [-0.25, -0.2) is 8.42 Å². The third kappa shape index (κ3) is 5.97. The number of benzene rings is 2. The Morgan fingerprint density at radius 3 is 2.33 bits per heavy atom. The Bertz CT molecular complexity index is 921. The zero-order chi connectivity index (χ0) is 19.7. The summed E-state index contributed by atoms with van der Waals surface area (Å²) in [6, 6.07) is 13.9. The number of ether oxygens (including phenoxy) is 1. The Kier molecular flexibility index (Phi) is 7.62. The van der Waals surface area contributed by atoms with E-state index >= 15 is 0 Å². The molecule has 2 aromatic rings. The summed E-state index contributed by atoms with van der Waals surface area (Å²) >= 11 is 0. The van der Waals surface area contributed by atoms with Crippen molar-refractivity contribution >= 4 is 10.0 Å². The van der Waals surface area contributed by atoms with Gasteiger partial charge in [-0.2, -0.15) is 4.31 Å². The first-order chi connectivity index (χ1) is 13.0. The van der Waals surface area contributed by atoms with Crippen molar-refractivity contribution in [3.63, 3.8) is 0 Å². The maximum atomic E-state index is 12.9. The summed E-state index contributed by atoms with van der Waals surface area (Å²) in [4.78, 5) is 0.219. The van der Waals surface area contributed by atoms with Crippen molar-refractivity contribution in [1.29, 1.82) is 0 Å². The number of aryl methyl sites for hydroxylation is 1. The first-order valence-corrected chi connectivity index (χ1v) is 9.87. The quantitative estimate of drug-likeness (QED) is 0.588. The van der Waals surface area contributed by atoms with Crippen LogP contribution in [0.4, 0.5) is 0 Å². The van der Waals surface area contributed by atoms with E-state index in [-0.39, 0.29) is 24.6 Å². The molecular formula is C21H23NO4S. The highest BCUT2D eigenvalue weighted by molar-refractivity contribution is 7.89. The van der Waals surface area contributed by atoms with Gasteiger partial charge in [-0.15, -0.1) is 0 Å². The summed E-state index contributed by atoms with van der Waals surface area (Å²) in [7, 11) is -2.09. The molecule has 0 radical (unpaired) electrons. The first-order valence-electron chi connectivity index (χ1n) is 8.43. The molecular weight excluding hydrogens is 362 g/mol. The molecule has 0 aliphatic rings. The molecule has 0 atom stereocenters. The van der Waals surface area contributed by atoms with E-state index in [1.807, 2.05) is 19.1 Å². The highest BCUT2D eigenvalue weighted by atomic mass is 32.2. The molecule has 0 heterocycles. The molecule has 142 valence electrons. The largest absolute Gasteiger partial charge is 0.497 e. The summed E-state index contributed by atoms with van der Waals surface area (Å²) in [5.41, 5.74) is 1.76. The van der Waals surface area contributed by atoms with E-state index < -0.39 is 10.0 Å². The van der Waals surface area contributed by atoms with Gasteiger partial charge in [0, 0.05) is 12.1 Å². The van der Waals surface area contributed by atoms with Crippen molar-refractivity contribution in [2.24, 2.45) is 0 Å². The van der Waals surface area contributed by atoms with Crippen LogP contribution >= 0.6 is 0 Å². The van der Waals surface area contributed by atoms with Gasteiger partial charge in [0.2, 0.25) is 10.0 Å². The fourth-order valence-electron chi connectivity index (χ4n) is 2.28. The number of methoxy groups -OCH3 is 1. The fraction of sp³-hybridized carbons (Fsp3) is 0.238. The monoisotopic (exact) mass is 385 g/mol. The lowest BCUT2D eigenvalue weighted by atomic mass is 10.2. The molecule has 0 saturated heterocycles. The molecule has 0 spiro atoms. The molecule has 0 bridgehead atoms. The topological polar surface area (TPSA) is 66.8 Å². The lowest BCUT2D eigenvalue weighted by Crippen LogP contribution is -2.31. The van der Waals surface area contributed by atoms with Crippen LogP contribution in [0.15, 0.2) is 65.6 Å². The number of aliphatic hydroxyl groups is 1. The van der Waals surface area contributed by atoms with Crippen molar-refractivity contribution in [2.45, 2.75) is 11.8 Å². The Morgan fingerprint density at radius 1 is 1.07 bits per heavy atom. The molecule has 0 aliphatic carbocycles. The predicted octanol–water partition coefficient (Wildman–Crippen LogP) is 2.59. The van der Waals surface area contributed by atoms with Gasteiger partial charge in [-0.3, -0.25) is 0 Å². The van der Waals surface area contributed by atoms with Crippen LogP contribution in [-0.4, -0.2) is 44.6 Å². The van der Waals surface area contributed by atoms with Crippen LogP contribution < -0.4 is 4.74 Å². The molecule has 0 unspecified atom stereocenters. The van der Waals surface area contributed by atoms with Crippen LogP contribution in [0.3, 0.4) is 0 Å². The smallest absolute Gasteiger partial charge is 0.244 e. The van der Waals surface area contributed by atoms with Crippen molar-refractivity contribution in [3.05, 3.63) is 71.8 Å². The molecule has 5 nitrogen and oxygen atoms in total. The van der Waals surface area contributed by atoms with Crippen LogP contribution in [0, 0.1) is 18.8 Å². The molecule has 2 rings (SSSR count). The van der Waals surface area contributed by atoms with E-state index in [1.165, 1.54) is 10.4 Å². The van der Waals surface area contributed by atoms with Gasteiger partial charge in [0.05, 0.1) is 25.2 Å². The number of sulfonamides is 1. The van der Waals surface area contributed by atoms with Gasteiger partial charge in [-0.05, 0) is 43.3 Å². The SMILES string of the molecule is COc1ccc(C#CCN(C/C=C\CO)S(=O)(=O)c2ccc(C)cc2)cc1. The molecule has 27 heavy (non-hydrogen) atoms. The van der Waals surface area contributed by atoms with Gasteiger partial charge >= 0.3 is 0 Å². The summed E-state index contributed by atoms with van der Waals surface area (Å²) in [6.07, 6.45) is 3.12. The van der Waals surface area contributed by atoms with Crippen LogP contribution in [0.5, 0.6) is 5.75 Å². The normalized spacial score (nSPS) is 11.4. The van der Waals surface area contributed by atoms with Gasteiger partial charge in [-0.1, -0.05) is 41.7 Å². The second-order valence-electron chi connectivity index (χ2n) is 5.79. The van der Waals surface area contributed by atoms with Crippen LogP contribution in [0.25, 0.3) is 0 Å². The molecule has 0 saturated carbocycles. The average Bonchev–Trinajstić information content (AvgIpc) is 2.67. The maximum absolute atomic E-state index is 12.9. The fourth-order valence-corrected chi connectivity index (χ4v) is 3.57. The van der Waals surface area contributed by atoms with E-state index in [4.69, 9.17) is 9.84 Å². The molecule has 6 heteroatoms. The second kappa shape index (κ2) is 9.93. The van der Waals surface area contributed by atoms with E-state index in [9.17, 15) is 8.42 Å². The average molecular weight is 385 g/mol. The van der Waals surface area contributed by atoms with Crippen molar-refractivity contribution in [2.75, 3.05) is 26.8 Å². The van der Waals surface area contributed by atoms with Gasteiger partial charge < -0.3 is 9.84 Å². The Labute approximate surface area is 161 Å². The summed E-state index contributed by atoms with van der Waals surface area (Å²) in [6.45, 7) is 1.93. The Hall–Kier alpha value is -2.59. The standard InChI is InChI=1S/C21H23NO4S/c1-18-7-13-21(14-8-18)27(24,25)22(15-3-4-17-23)16-5-6-19-9-11-20(26-2)12-10-19/h3-4,7-14,23H,15-17H2,1-2H3/b4-3-. The molecule has 0 aliphatic heterocycles. The summed E-state index contributed by atoms with van der Waals surface area (Å²) in [5.74, 6) is 6.61. The van der Waals surface area contributed by atoms with Crippen LogP contribution in [-0.2, 0) is 10.0 Å². The van der Waals surface area contributed by atoms with Crippen molar-refractivity contribution < 1.29 is 18.3 Å². The van der Waals surface area contributed by atoms with Crippen molar-refractivity contribution in [1.82, 2.24) is 4.31 Å². The Balaban J connectivity index is 2.22. The highest BCUT2D eigenvalue weighted by Crippen LogP contribution is 2.16. The van der Waals surface area contributed by atoms with Crippen LogP contribution in [0.2, 0.25) is 0 Å². The third-order valence-corrected chi connectivity index (χ3v) is 5.64. The number of nitrogens with zero attached hydrogens (tertiary/aromatic N) is 1. The molecule has 1 N–H and O–H groups in total. The molecule has 0 aromatic heterocycles. The number of hydrogen-bond acceptors (Lipinski definition) is 4. The van der Waals surface area contributed by atoms with Gasteiger partial charge in [0.15, 0.2) is 0 Å². The Morgan fingerprint density at radius 2 is 1.74 bits per heavy atom.